The van der Waals surface area contributed by atoms with E-state index in [1.807, 2.05) is 42.2 Å². The number of fused-ring (bicyclic) bond motifs is 1. The zero-order valence-electron chi connectivity index (χ0n) is 14.2. The maximum atomic E-state index is 13.1. The standard InChI is InChI=1S/C19H19N3O3/c1-12-16-10-14(11-20-18(16)25-21-12)19(23)22-8-4-7-17(22)13-5-3-6-15(9-13)24-2/h3,5-6,9-11,17H,4,7-8H2,1-2H3. The van der Waals surface area contributed by atoms with Crippen LogP contribution in [-0.4, -0.2) is 34.6 Å². The van der Waals surface area contributed by atoms with Gasteiger partial charge in [-0.25, -0.2) is 4.98 Å². The minimum Gasteiger partial charge on any atom is -0.497 e. The van der Waals surface area contributed by atoms with Crippen molar-refractivity contribution in [3.05, 3.63) is 53.3 Å². The fourth-order valence-electron chi connectivity index (χ4n) is 3.43. The summed E-state index contributed by atoms with van der Waals surface area (Å²) in [5, 5.41) is 4.68. The summed E-state index contributed by atoms with van der Waals surface area (Å²) >= 11 is 0. The van der Waals surface area contributed by atoms with E-state index in [4.69, 9.17) is 9.26 Å². The second-order valence-corrected chi connectivity index (χ2v) is 6.28. The zero-order valence-corrected chi connectivity index (χ0v) is 14.2. The molecule has 6 heteroatoms. The Kier molecular flexibility index (Phi) is 3.87. The number of carbonyl (C=O) groups excluding carboxylic acids is 1. The van der Waals surface area contributed by atoms with Crippen LogP contribution < -0.4 is 4.74 Å². The van der Waals surface area contributed by atoms with E-state index in [1.165, 1.54) is 0 Å². The molecule has 0 radical (unpaired) electrons. The van der Waals surface area contributed by atoms with Crippen molar-refractivity contribution in [2.45, 2.75) is 25.8 Å². The Labute approximate surface area is 145 Å². The topological polar surface area (TPSA) is 68.5 Å². The third-order valence-electron chi connectivity index (χ3n) is 4.75. The normalized spacial score (nSPS) is 17.2. The third kappa shape index (κ3) is 2.73. The Balaban J connectivity index is 1.66. The van der Waals surface area contributed by atoms with Crippen molar-refractivity contribution < 1.29 is 14.1 Å². The van der Waals surface area contributed by atoms with Gasteiger partial charge >= 0.3 is 0 Å². The lowest BCUT2D eigenvalue weighted by Crippen LogP contribution is -2.30. The van der Waals surface area contributed by atoms with Crippen molar-refractivity contribution >= 4 is 17.0 Å². The van der Waals surface area contributed by atoms with Crippen LogP contribution in [0.15, 0.2) is 41.1 Å². The van der Waals surface area contributed by atoms with Crippen LogP contribution in [0.5, 0.6) is 5.75 Å². The second-order valence-electron chi connectivity index (χ2n) is 6.28. The molecule has 1 fully saturated rings. The fourth-order valence-corrected chi connectivity index (χ4v) is 3.43. The van der Waals surface area contributed by atoms with Crippen LogP contribution >= 0.6 is 0 Å². The average molecular weight is 337 g/mol. The number of pyridine rings is 1. The number of nitrogens with zero attached hydrogens (tertiary/aromatic N) is 3. The molecule has 4 rings (SSSR count). The maximum absolute atomic E-state index is 13.1. The van der Waals surface area contributed by atoms with Gasteiger partial charge < -0.3 is 14.2 Å². The Morgan fingerprint density at radius 1 is 1.36 bits per heavy atom. The highest BCUT2D eigenvalue weighted by Gasteiger charge is 2.31. The van der Waals surface area contributed by atoms with Gasteiger partial charge in [0, 0.05) is 12.7 Å². The highest BCUT2D eigenvalue weighted by atomic mass is 16.5. The first kappa shape index (κ1) is 15.6. The van der Waals surface area contributed by atoms with Gasteiger partial charge in [0.2, 0.25) is 0 Å². The number of likely N-dealkylation sites (tertiary alicyclic amines) is 1. The van der Waals surface area contributed by atoms with Gasteiger partial charge in [0.05, 0.1) is 29.8 Å². The molecule has 1 amide bonds. The lowest BCUT2D eigenvalue weighted by Gasteiger charge is -2.25. The Morgan fingerprint density at radius 3 is 3.08 bits per heavy atom. The molecule has 1 aliphatic heterocycles. The summed E-state index contributed by atoms with van der Waals surface area (Å²) in [5.74, 6) is 0.792. The Hall–Kier alpha value is -2.89. The zero-order chi connectivity index (χ0) is 17.4. The summed E-state index contributed by atoms with van der Waals surface area (Å²) in [4.78, 5) is 19.2. The van der Waals surface area contributed by atoms with Crippen molar-refractivity contribution in [1.29, 1.82) is 0 Å². The van der Waals surface area contributed by atoms with Crippen LogP contribution in [0.25, 0.3) is 11.1 Å². The Morgan fingerprint density at radius 2 is 2.24 bits per heavy atom. The summed E-state index contributed by atoms with van der Waals surface area (Å²) in [7, 11) is 1.65. The molecule has 1 unspecified atom stereocenters. The van der Waals surface area contributed by atoms with E-state index in [0.717, 1.165) is 41.8 Å². The van der Waals surface area contributed by atoms with Gasteiger partial charge in [-0.15, -0.1) is 0 Å². The number of rotatable bonds is 3. The number of hydrogen-bond acceptors (Lipinski definition) is 5. The molecule has 1 aromatic carbocycles. The number of aromatic nitrogens is 2. The van der Waals surface area contributed by atoms with Crippen LogP contribution in [0.3, 0.4) is 0 Å². The van der Waals surface area contributed by atoms with E-state index in [1.54, 1.807) is 13.3 Å². The highest BCUT2D eigenvalue weighted by molar-refractivity contribution is 5.97. The van der Waals surface area contributed by atoms with Crippen LogP contribution in [0.4, 0.5) is 0 Å². The van der Waals surface area contributed by atoms with Crippen molar-refractivity contribution in [3.63, 3.8) is 0 Å². The van der Waals surface area contributed by atoms with Crippen LogP contribution in [-0.2, 0) is 0 Å². The van der Waals surface area contributed by atoms with E-state index in [0.29, 0.717) is 11.3 Å². The van der Waals surface area contributed by atoms with Crippen LogP contribution in [0.2, 0.25) is 0 Å². The molecule has 3 aromatic rings. The summed E-state index contributed by atoms with van der Waals surface area (Å²) in [6, 6.07) is 9.80. The molecule has 1 atom stereocenters. The molecule has 6 nitrogen and oxygen atoms in total. The van der Waals surface area contributed by atoms with E-state index in [2.05, 4.69) is 10.1 Å². The number of ether oxygens (including phenoxy) is 1. The molecule has 128 valence electrons. The minimum atomic E-state index is -0.0136. The van der Waals surface area contributed by atoms with Crippen LogP contribution in [0, 0.1) is 6.92 Å². The fraction of sp³-hybridized carbons (Fsp3) is 0.316. The number of aryl methyl sites for hydroxylation is 1. The molecule has 0 bridgehead atoms. The van der Waals surface area contributed by atoms with Crippen molar-refractivity contribution in [1.82, 2.24) is 15.0 Å². The quantitative estimate of drug-likeness (QED) is 0.731. The molecule has 3 heterocycles. The molecular weight excluding hydrogens is 318 g/mol. The van der Waals surface area contributed by atoms with Gasteiger partial charge in [-0.3, -0.25) is 4.79 Å². The molecule has 0 spiro atoms. The summed E-state index contributed by atoms with van der Waals surface area (Å²) in [6.07, 6.45) is 3.49. The molecule has 2 aromatic heterocycles. The second kappa shape index (κ2) is 6.20. The van der Waals surface area contributed by atoms with E-state index in [-0.39, 0.29) is 11.9 Å². The van der Waals surface area contributed by atoms with Gasteiger partial charge in [-0.2, -0.15) is 0 Å². The van der Waals surface area contributed by atoms with Crippen molar-refractivity contribution in [2.24, 2.45) is 0 Å². The van der Waals surface area contributed by atoms with E-state index in [9.17, 15) is 4.79 Å². The molecule has 1 saturated heterocycles. The van der Waals surface area contributed by atoms with E-state index < -0.39 is 0 Å². The lowest BCUT2D eigenvalue weighted by atomic mass is 10.0. The molecule has 0 saturated carbocycles. The molecule has 0 N–H and O–H groups in total. The SMILES string of the molecule is COc1cccc(C2CCCN2C(=O)c2cnc3onc(C)c3c2)c1. The van der Waals surface area contributed by atoms with Gasteiger partial charge in [0.25, 0.3) is 11.6 Å². The molecular formula is C19H19N3O3. The van der Waals surface area contributed by atoms with E-state index >= 15 is 0 Å². The predicted molar refractivity (Wildman–Crippen MR) is 92.5 cm³/mol. The first-order valence-electron chi connectivity index (χ1n) is 8.34. The number of carbonyl (C=O) groups is 1. The first-order chi connectivity index (χ1) is 12.2. The van der Waals surface area contributed by atoms with Gasteiger partial charge in [0.1, 0.15) is 5.75 Å². The van der Waals surface area contributed by atoms with Gasteiger partial charge in [-0.1, -0.05) is 17.3 Å². The smallest absolute Gasteiger partial charge is 0.257 e. The summed E-state index contributed by atoms with van der Waals surface area (Å²) in [6.45, 7) is 2.58. The van der Waals surface area contributed by atoms with Crippen molar-refractivity contribution in [2.75, 3.05) is 13.7 Å². The number of methoxy groups -OCH3 is 1. The average Bonchev–Trinajstić information content (AvgIpc) is 3.28. The third-order valence-corrected chi connectivity index (χ3v) is 4.75. The molecule has 0 aliphatic carbocycles. The Bertz CT molecular complexity index is 935. The monoisotopic (exact) mass is 337 g/mol. The largest absolute Gasteiger partial charge is 0.497 e. The summed E-state index contributed by atoms with van der Waals surface area (Å²) in [5.41, 5.74) is 2.86. The van der Waals surface area contributed by atoms with Crippen molar-refractivity contribution in [3.8, 4) is 5.75 Å². The molecule has 25 heavy (non-hydrogen) atoms. The molecule has 1 aliphatic rings. The number of hydrogen-bond donors (Lipinski definition) is 0. The highest BCUT2D eigenvalue weighted by Crippen LogP contribution is 2.34. The number of benzene rings is 1. The maximum Gasteiger partial charge on any atom is 0.257 e. The summed E-state index contributed by atoms with van der Waals surface area (Å²) < 4.78 is 10.4. The first-order valence-corrected chi connectivity index (χ1v) is 8.34. The van der Waals surface area contributed by atoms with Crippen LogP contribution in [0.1, 0.15) is 40.5 Å². The van der Waals surface area contributed by atoms with Gasteiger partial charge in [0.15, 0.2) is 0 Å². The lowest BCUT2D eigenvalue weighted by molar-refractivity contribution is 0.0735. The minimum absolute atomic E-state index is 0.0136. The number of amides is 1. The van der Waals surface area contributed by atoms with Gasteiger partial charge in [-0.05, 0) is 43.5 Å². The predicted octanol–water partition coefficient (Wildman–Crippen LogP) is 3.52.